The molecule has 2 N–H and O–H groups in total. The Morgan fingerprint density at radius 2 is 2.05 bits per heavy atom. The van der Waals surface area contributed by atoms with Gasteiger partial charge in [0.05, 0.1) is 16.6 Å². The predicted octanol–water partition coefficient (Wildman–Crippen LogP) is 2.00. The van der Waals surface area contributed by atoms with Gasteiger partial charge in [0.25, 0.3) is 0 Å². The highest BCUT2D eigenvalue weighted by Gasteiger charge is 2.13. The second-order valence-electron chi connectivity index (χ2n) is 6.26. The maximum absolute atomic E-state index is 11.4. The molecule has 1 aromatic carbocycles. The van der Waals surface area contributed by atoms with Crippen LogP contribution in [0.2, 0.25) is 25.7 Å². The van der Waals surface area contributed by atoms with Gasteiger partial charge in [-0.1, -0.05) is 19.6 Å². The summed E-state index contributed by atoms with van der Waals surface area (Å²) in [4.78, 5) is 0.0823. The summed E-state index contributed by atoms with van der Waals surface area (Å²) < 4.78 is 30.1. The van der Waals surface area contributed by atoms with E-state index < -0.39 is 18.1 Å². The summed E-state index contributed by atoms with van der Waals surface area (Å²) in [6.07, 6.45) is 1.68. The number of aromatic nitrogens is 2. The van der Waals surface area contributed by atoms with E-state index in [0.717, 1.165) is 11.4 Å². The van der Waals surface area contributed by atoms with Gasteiger partial charge in [-0.15, -0.1) is 0 Å². The number of fused-ring (bicyclic) bond motifs is 1. The van der Waals surface area contributed by atoms with Crippen LogP contribution in [0.4, 0.5) is 0 Å². The van der Waals surface area contributed by atoms with Crippen molar-refractivity contribution in [2.24, 2.45) is 5.14 Å². The van der Waals surface area contributed by atoms with Crippen molar-refractivity contribution in [3.63, 3.8) is 0 Å². The third kappa shape index (κ3) is 4.37. The van der Waals surface area contributed by atoms with Crippen molar-refractivity contribution in [3.05, 3.63) is 24.4 Å². The molecule has 0 saturated heterocycles. The molecule has 0 radical (unpaired) electrons. The topological polar surface area (TPSA) is 87.2 Å². The summed E-state index contributed by atoms with van der Waals surface area (Å²) in [5, 5.41) is 10.2. The molecule has 0 aliphatic carbocycles. The zero-order valence-corrected chi connectivity index (χ0v) is 14.4. The van der Waals surface area contributed by atoms with Gasteiger partial charge >= 0.3 is 0 Å². The zero-order valence-electron chi connectivity index (χ0n) is 12.5. The molecule has 1 heterocycles. The first-order valence-corrected chi connectivity index (χ1v) is 12.0. The second kappa shape index (κ2) is 5.88. The zero-order chi connectivity index (χ0) is 15.7. The van der Waals surface area contributed by atoms with E-state index in [0.29, 0.717) is 18.9 Å². The highest BCUT2D eigenvalue weighted by Crippen LogP contribution is 2.18. The average Bonchev–Trinajstić information content (AvgIpc) is 2.75. The van der Waals surface area contributed by atoms with E-state index in [-0.39, 0.29) is 4.90 Å². The lowest BCUT2D eigenvalue weighted by molar-refractivity contribution is 0.0817. The number of sulfonamides is 1. The van der Waals surface area contributed by atoms with E-state index in [1.807, 2.05) is 0 Å². The van der Waals surface area contributed by atoms with Crippen LogP contribution in [0.15, 0.2) is 29.3 Å². The third-order valence-electron chi connectivity index (χ3n) is 3.15. The Kier molecular flexibility index (Phi) is 4.52. The van der Waals surface area contributed by atoms with Crippen LogP contribution in [0.3, 0.4) is 0 Å². The standard InChI is InChI=1S/C13H21N3O3SSi/c1-21(2,3)7-6-19-10-16-13-8-12(20(14,17)18)5-4-11(13)9-15-16/h4-5,8-9H,6-7,10H2,1-3H3,(H2,14,17,18). The number of ether oxygens (including phenoxy) is 1. The molecule has 0 aliphatic heterocycles. The molecule has 116 valence electrons. The Hall–Kier alpha value is -1.22. The molecule has 0 aliphatic rings. The summed E-state index contributed by atoms with van der Waals surface area (Å²) in [6, 6.07) is 5.78. The van der Waals surface area contributed by atoms with E-state index in [2.05, 4.69) is 24.7 Å². The van der Waals surface area contributed by atoms with Crippen molar-refractivity contribution >= 4 is 29.0 Å². The van der Waals surface area contributed by atoms with Crippen LogP contribution in [0.5, 0.6) is 0 Å². The molecule has 6 nitrogen and oxygen atoms in total. The predicted molar refractivity (Wildman–Crippen MR) is 85.2 cm³/mol. The molecule has 0 saturated carbocycles. The summed E-state index contributed by atoms with van der Waals surface area (Å²) in [5.74, 6) is 0. The van der Waals surface area contributed by atoms with E-state index in [1.54, 1.807) is 16.9 Å². The molecule has 0 amide bonds. The Bertz CT molecular complexity index is 735. The molecule has 0 atom stereocenters. The maximum Gasteiger partial charge on any atom is 0.238 e. The van der Waals surface area contributed by atoms with Gasteiger partial charge in [0.15, 0.2) is 0 Å². The number of primary sulfonamides is 1. The maximum atomic E-state index is 11.4. The first-order chi connectivity index (χ1) is 9.67. The Morgan fingerprint density at radius 3 is 2.67 bits per heavy atom. The van der Waals surface area contributed by atoms with Gasteiger partial charge in [0, 0.05) is 20.1 Å². The van der Waals surface area contributed by atoms with Crippen molar-refractivity contribution in [1.29, 1.82) is 0 Å². The second-order valence-corrected chi connectivity index (χ2v) is 13.4. The minimum absolute atomic E-state index is 0.0823. The molecule has 2 rings (SSSR count). The van der Waals surface area contributed by atoms with Gasteiger partial charge < -0.3 is 4.74 Å². The Labute approximate surface area is 126 Å². The number of hydrogen-bond acceptors (Lipinski definition) is 4. The minimum Gasteiger partial charge on any atom is -0.360 e. The fourth-order valence-electron chi connectivity index (χ4n) is 1.86. The van der Waals surface area contributed by atoms with Crippen LogP contribution in [-0.4, -0.2) is 32.9 Å². The Balaban J connectivity index is 2.13. The molecule has 0 spiro atoms. The third-order valence-corrected chi connectivity index (χ3v) is 5.77. The van der Waals surface area contributed by atoms with Crippen LogP contribution in [-0.2, 0) is 21.5 Å². The fraction of sp³-hybridized carbons (Fsp3) is 0.462. The number of benzene rings is 1. The largest absolute Gasteiger partial charge is 0.360 e. The van der Waals surface area contributed by atoms with Gasteiger partial charge in [-0.2, -0.15) is 5.10 Å². The van der Waals surface area contributed by atoms with Crippen LogP contribution < -0.4 is 5.14 Å². The lowest BCUT2D eigenvalue weighted by atomic mass is 10.2. The molecule has 2 aromatic rings. The molecule has 0 bridgehead atoms. The Morgan fingerprint density at radius 1 is 1.33 bits per heavy atom. The lowest BCUT2D eigenvalue weighted by Crippen LogP contribution is -2.22. The van der Waals surface area contributed by atoms with Crippen molar-refractivity contribution in [2.75, 3.05) is 6.61 Å². The normalized spacial score (nSPS) is 13.0. The molecule has 1 aromatic heterocycles. The van der Waals surface area contributed by atoms with Crippen LogP contribution in [0.25, 0.3) is 10.9 Å². The van der Waals surface area contributed by atoms with Gasteiger partial charge in [0.1, 0.15) is 6.73 Å². The molecule has 21 heavy (non-hydrogen) atoms. The van der Waals surface area contributed by atoms with Crippen molar-refractivity contribution in [3.8, 4) is 0 Å². The summed E-state index contributed by atoms with van der Waals surface area (Å²) in [6.45, 7) is 7.86. The van der Waals surface area contributed by atoms with E-state index in [1.165, 1.54) is 12.1 Å². The number of hydrogen-bond donors (Lipinski definition) is 1. The first-order valence-electron chi connectivity index (χ1n) is 6.73. The van der Waals surface area contributed by atoms with Crippen LogP contribution in [0, 0.1) is 0 Å². The van der Waals surface area contributed by atoms with Crippen molar-refractivity contribution < 1.29 is 13.2 Å². The summed E-state index contributed by atoms with van der Waals surface area (Å²) in [5.41, 5.74) is 0.703. The minimum atomic E-state index is -3.71. The van der Waals surface area contributed by atoms with Crippen LogP contribution in [0.1, 0.15) is 0 Å². The smallest absolute Gasteiger partial charge is 0.238 e. The van der Waals surface area contributed by atoms with E-state index in [4.69, 9.17) is 9.88 Å². The number of nitrogens with zero attached hydrogens (tertiary/aromatic N) is 2. The highest BCUT2D eigenvalue weighted by atomic mass is 32.2. The quantitative estimate of drug-likeness (QED) is 0.649. The highest BCUT2D eigenvalue weighted by molar-refractivity contribution is 7.89. The summed E-state index contributed by atoms with van der Waals surface area (Å²) >= 11 is 0. The number of rotatable bonds is 6. The molecule has 0 fully saturated rings. The lowest BCUT2D eigenvalue weighted by Gasteiger charge is -2.15. The first kappa shape index (κ1) is 16.2. The van der Waals surface area contributed by atoms with E-state index >= 15 is 0 Å². The fourth-order valence-corrected chi connectivity index (χ4v) is 3.15. The number of nitrogens with two attached hydrogens (primary N) is 1. The van der Waals surface area contributed by atoms with Gasteiger partial charge in [-0.05, 0) is 24.2 Å². The van der Waals surface area contributed by atoms with E-state index in [9.17, 15) is 8.42 Å². The van der Waals surface area contributed by atoms with Gasteiger partial charge in [0.2, 0.25) is 10.0 Å². The average molecular weight is 327 g/mol. The molecule has 0 unspecified atom stereocenters. The summed E-state index contributed by atoms with van der Waals surface area (Å²) in [7, 11) is -4.83. The monoisotopic (exact) mass is 327 g/mol. The SMILES string of the molecule is C[Si](C)(C)CCOCn1ncc2ccc(S(N)(=O)=O)cc21. The van der Waals surface area contributed by atoms with Crippen molar-refractivity contribution in [1.82, 2.24) is 9.78 Å². The van der Waals surface area contributed by atoms with Gasteiger partial charge in [-0.25, -0.2) is 18.2 Å². The molecular formula is C13H21N3O3SSi. The van der Waals surface area contributed by atoms with Crippen LogP contribution >= 0.6 is 0 Å². The van der Waals surface area contributed by atoms with Crippen molar-refractivity contribution in [2.45, 2.75) is 37.3 Å². The van der Waals surface area contributed by atoms with Gasteiger partial charge in [-0.3, -0.25) is 0 Å². The molecule has 8 heteroatoms. The molecular weight excluding hydrogens is 306 g/mol.